The lowest BCUT2D eigenvalue weighted by molar-refractivity contribution is 0.124. The van der Waals surface area contributed by atoms with Crippen LogP contribution in [0.25, 0.3) is 0 Å². The van der Waals surface area contributed by atoms with Crippen molar-refractivity contribution in [2.45, 2.75) is 51.6 Å². The smallest absolute Gasteiger partial charge is 0.123 e. The number of hydrogen-bond acceptors (Lipinski definition) is 2. The Bertz CT molecular complexity index is 540. The molecular weight excluding hydrogens is 253 g/mol. The molecular formula is C17H20FNO. The SMILES string of the molecule is CC1CCC(C#N)(CC2Cc3cc(F)ccc3O2)CC1. The predicted molar refractivity (Wildman–Crippen MR) is 74.8 cm³/mol. The van der Waals surface area contributed by atoms with Crippen molar-refractivity contribution in [3.05, 3.63) is 29.6 Å². The van der Waals surface area contributed by atoms with Crippen LogP contribution in [-0.2, 0) is 6.42 Å². The molecule has 1 fully saturated rings. The summed E-state index contributed by atoms with van der Waals surface area (Å²) in [5.74, 6) is 1.30. The maximum absolute atomic E-state index is 13.2. The fourth-order valence-electron chi connectivity index (χ4n) is 3.51. The molecule has 1 unspecified atom stereocenters. The molecule has 20 heavy (non-hydrogen) atoms. The molecule has 106 valence electrons. The molecule has 1 aromatic carbocycles. The van der Waals surface area contributed by atoms with Crippen LogP contribution in [-0.4, -0.2) is 6.10 Å². The second-order valence-electron chi connectivity index (χ2n) is 6.47. The number of benzene rings is 1. The molecule has 3 rings (SSSR count). The van der Waals surface area contributed by atoms with Gasteiger partial charge in [-0.15, -0.1) is 0 Å². The number of hydrogen-bond donors (Lipinski definition) is 0. The van der Waals surface area contributed by atoms with Gasteiger partial charge in [-0.05, 0) is 49.8 Å². The third-order valence-electron chi connectivity index (χ3n) is 4.85. The molecule has 3 heteroatoms. The van der Waals surface area contributed by atoms with Gasteiger partial charge in [0, 0.05) is 18.4 Å². The lowest BCUT2D eigenvalue weighted by atomic mass is 9.69. The van der Waals surface area contributed by atoms with Gasteiger partial charge >= 0.3 is 0 Å². The number of halogens is 1. The van der Waals surface area contributed by atoms with Crippen molar-refractivity contribution in [2.24, 2.45) is 11.3 Å². The Hall–Kier alpha value is -1.56. The summed E-state index contributed by atoms with van der Waals surface area (Å²) in [5.41, 5.74) is 0.699. The van der Waals surface area contributed by atoms with Gasteiger partial charge in [-0.25, -0.2) is 4.39 Å². The Kier molecular flexibility index (Phi) is 3.41. The summed E-state index contributed by atoms with van der Waals surface area (Å²) >= 11 is 0. The minimum atomic E-state index is -0.238. The van der Waals surface area contributed by atoms with E-state index < -0.39 is 0 Å². The molecule has 0 radical (unpaired) electrons. The summed E-state index contributed by atoms with van der Waals surface area (Å²) in [6.07, 6.45) is 5.71. The summed E-state index contributed by atoms with van der Waals surface area (Å²) in [6.45, 7) is 2.26. The van der Waals surface area contributed by atoms with E-state index in [-0.39, 0.29) is 17.3 Å². The number of rotatable bonds is 2. The highest BCUT2D eigenvalue weighted by Crippen LogP contribution is 2.44. The molecule has 0 N–H and O–H groups in total. The number of ether oxygens (including phenoxy) is 1. The van der Waals surface area contributed by atoms with E-state index in [4.69, 9.17) is 4.74 Å². The Morgan fingerprint density at radius 2 is 2.15 bits per heavy atom. The third-order valence-corrected chi connectivity index (χ3v) is 4.85. The first-order chi connectivity index (χ1) is 9.60. The van der Waals surface area contributed by atoms with Gasteiger partial charge in [0.25, 0.3) is 0 Å². The highest BCUT2D eigenvalue weighted by atomic mass is 19.1. The van der Waals surface area contributed by atoms with Crippen LogP contribution in [0.5, 0.6) is 5.75 Å². The quantitative estimate of drug-likeness (QED) is 0.807. The van der Waals surface area contributed by atoms with Crippen molar-refractivity contribution in [2.75, 3.05) is 0 Å². The minimum Gasteiger partial charge on any atom is -0.490 e. The molecule has 1 aliphatic carbocycles. The van der Waals surface area contributed by atoms with Gasteiger partial charge in [0.05, 0.1) is 11.5 Å². The van der Waals surface area contributed by atoms with Crippen molar-refractivity contribution in [1.29, 1.82) is 5.26 Å². The van der Waals surface area contributed by atoms with Crippen LogP contribution < -0.4 is 4.74 Å². The van der Waals surface area contributed by atoms with E-state index in [1.54, 1.807) is 12.1 Å². The second kappa shape index (κ2) is 5.09. The van der Waals surface area contributed by atoms with E-state index in [0.717, 1.165) is 55.8 Å². The molecule has 1 aliphatic heterocycles. The van der Waals surface area contributed by atoms with Crippen molar-refractivity contribution in [3.63, 3.8) is 0 Å². The number of nitriles is 1. The first kappa shape index (κ1) is 13.4. The molecule has 1 heterocycles. The van der Waals surface area contributed by atoms with Crippen molar-refractivity contribution < 1.29 is 9.13 Å². The summed E-state index contributed by atoms with van der Waals surface area (Å²) in [7, 11) is 0. The zero-order chi connectivity index (χ0) is 14.2. The van der Waals surface area contributed by atoms with Crippen molar-refractivity contribution >= 4 is 0 Å². The predicted octanol–water partition coefficient (Wildman–Crippen LogP) is 4.24. The van der Waals surface area contributed by atoms with Crippen LogP contribution in [0.1, 0.15) is 44.6 Å². The van der Waals surface area contributed by atoms with E-state index in [9.17, 15) is 9.65 Å². The van der Waals surface area contributed by atoms with Crippen LogP contribution in [0.15, 0.2) is 18.2 Å². The second-order valence-corrected chi connectivity index (χ2v) is 6.47. The van der Waals surface area contributed by atoms with Crippen molar-refractivity contribution in [1.82, 2.24) is 0 Å². The fourth-order valence-corrected chi connectivity index (χ4v) is 3.51. The van der Waals surface area contributed by atoms with E-state index >= 15 is 0 Å². The number of fused-ring (bicyclic) bond motifs is 1. The fraction of sp³-hybridized carbons (Fsp3) is 0.588. The van der Waals surface area contributed by atoms with E-state index in [1.165, 1.54) is 6.07 Å². The zero-order valence-corrected chi connectivity index (χ0v) is 11.9. The van der Waals surface area contributed by atoms with Gasteiger partial charge in [-0.3, -0.25) is 0 Å². The summed E-state index contributed by atoms with van der Waals surface area (Å²) in [4.78, 5) is 0. The summed E-state index contributed by atoms with van der Waals surface area (Å²) in [5, 5.41) is 9.58. The molecule has 0 bridgehead atoms. The van der Waals surface area contributed by atoms with Gasteiger partial charge in [0.15, 0.2) is 0 Å². The largest absolute Gasteiger partial charge is 0.490 e. The Balaban J connectivity index is 1.69. The molecule has 2 nitrogen and oxygen atoms in total. The monoisotopic (exact) mass is 273 g/mol. The standard InChI is InChI=1S/C17H20FNO/c1-12-4-6-17(11-19,7-5-12)10-15-9-13-8-14(18)2-3-16(13)20-15/h2-3,8,12,15H,4-7,9-10H2,1H3. The maximum Gasteiger partial charge on any atom is 0.123 e. The third kappa shape index (κ3) is 2.52. The molecule has 0 spiro atoms. The normalized spacial score (nSPS) is 32.2. The number of nitrogens with zero attached hydrogens (tertiary/aromatic N) is 1. The molecule has 0 amide bonds. The van der Waals surface area contributed by atoms with Crippen LogP contribution in [0.4, 0.5) is 4.39 Å². The van der Waals surface area contributed by atoms with E-state index in [1.807, 2.05) is 0 Å². The van der Waals surface area contributed by atoms with Gasteiger partial charge in [0.2, 0.25) is 0 Å². The topological polar surface area (TPSA) is 33.0 Å². The van der Waals surface area contributed by atoms with Gasteiger partial charge in [-0.2, -0.15) is 5.26 Å². The van der Waals surface area contributed by atoms with Crippen LogP contribution >= 0.6 is 0 Å². The zero-order valence-electron chi connectivity index (χ0n) is 11.9. The van der Waals surface area contributed by atoms with E-state index in [2.05, 4.69) is 13.0 Å². The van der Waals surface area contributed by atoms with Crippen LogP contribution in [0.3, 0.4) is 0 Å². The molecule has 2 aliphatic rings. The maximum atomic E-state index is 13.2. The highest BCUT2D eigenvalue weighted by molar-refractivity contribution is 5.38. The Morgan fingerprint density at radius 3 is 2.85 bits per heavy atom. The Labute approximate surface area is 119 Å². The van der Waals surface area contributed by atoms with Gasteiger partial charge < -0.3 is 4.74 Å². The van der Waals surface area contributed by atoms with Gasteiger partial charge in [-0.1, -0.05) is 6.92 Å². The molecule has 1 aromatic rings. The first-order valence-corrected chi connectivity index (χ1v) is 7.47. The van der Waals surface area contributed by atoms with Gasteiger partial charge in [0.1, 0.15) is 17.7 Å². The average molecular weight is 273 g/mol. The first-order valence-electron chi connectivity index (χ1n) is 7.47. The molecule has 1 saturated carbocycles. The lowest BCUT2D eigenvalue weighted by Crippen LogP contribution is -2.31. The lowest BCUT2D eigenvalue weighted by Gasteiger charge is -2.35. The molecule has 0 aromatic heterocycles. The summed E-state index contributed by atoms with van der Waals surface area (Å²) in [6, 6.07) is 7.24. The molecule has 1 atom stereocenters. The average Bonchev–Trinajstić information content (AvgIpc) is 2.83. The highest BCUT2D eigenvalue weighted by Gasteiger charge is 2.39. The summed E-state index contributed by atoms with van der Waals surface area (Å²) < 4.78 is 19.1. The molecule has 0 saturated heterocycles. The van der Waals surface area contributed by atoms with Crippen molar-refractivity contribution in [3.8, 4) is 11.8 Å². The van der Waals surface area contributed by atoms with E-state index in [0.29, 0.717) is 0 Å². The minimum absolute atomic E-state index is 0.0276. The Morgan fingerprint density at radius 1 is 1.40 bits per heavy atom. The van der Waals surface area contributed by atoms with Crippen LogP contribution in [0.2, 0.25) is 0 Å². The van der Waals surface area contributed by atoms with Crippen LogP contribution in [0, 0.1) is 28.5 Å².